The first-order chi connectivity index (χ1) is 12.5. The maximum atomic E-state index is 11.7. The Morgan fingerprint density at radius 1 is 1.46 bits per heavy atom. The monoisotopic (exact) mass is 440 g/mol. The van der Waals surface area contributed by atoms with Gasteiger partial charge in [0.1, 0.15) is 5.25 Å². The molecule has 26 heavy (non-hydrogen) atoms. The smallest absolute Gasteiger partial charge is 0.305 e. The highest BCUT2D eigenvalue weighted by molar-refractivity contribution is 9.10. The highest BCUT2D eigenvalue weighted by Gasteiger charge is 2.32. The number of thioether (sulfide) groups is 1. The molecule has 0 saturated carbocycles. The highest BCUT2D eigenvalue weighted by atomic mass is 79.9. The summed E-state index contributed by atoms with van der Waals surface area (Å²) in [5.74, 6) is -1.38. The van der Waals surface area contributed by atoms with Gasteiger partial charge in [-0.15, -0.1) is 5.10 Å². The third-order valence-corrected chi connectivity index (χ3v) is 5.39. The lowest BCUT2D eigenvalue weighted by molar-refractivity contribution is -0.138. The van der Waals surface area contributed by atoms with Crippen LogP contribution in [0.1, 0.15) is 12.0 Å². The Morgan fingerprint density at radius 2 is 2.23 bits per heavy atom. The van der Waals surface area contributed by atoms with Gasteiger partial charge in [-0.3, -0.25) is 9.59 Å². The maximum absolute atomic E-state index is 11.7. The Bertz CT molecular complexity index is 765. The van der Waals surface area contributed by atoms with E-state index in [9.17, 15) is 9.59 Å². The molecule has 0 aromatic heterocycles. The lowest BCUT2D eigenvalue weighted by atomic mass is 10.1. The van der Waals surface area contributed by atoms with Crippen molar-refractivity contribution < 1.29 is 19.4 Å². The number of carbonyl (C=O) groups is 2. The minimum Gasteiger partial charge on any atom is -0.481 e. The third kappa shape index (κ3) is 4.83. The van der Waals surface area contributed by atoms with Gasteiger partial charge < -0.3 is 20.1 Å². The predicted octanol–water partition coefficient (Wildman–Crippen LogP) is 1.68. The van der Waals surface area contributed by atoms with Crippen molar-refractivity contribution in [2.24, 2.45) is 10.2 Å². The molecule has 1 aromatic carbocycles. The summed E-state index contributed by atoms with van der Waals surface area (Å²) in [5.41, 5.74) is 1.93. The fraction of sp³-hybridized carbons (Fsp3) is 0.375. The van der Waals surface area contributed by atoms with Crippen LogP contribution in [-0.2, 0) is 14.3 Å². The Hall–Kier alpha value is -1.91. The molecule has 3 rings (SSSR count). The lowest BCUT2D eigenvalue weighted by Gasteiger charge is -2.30. The van der Waals surface area contributed by atoms with Gasteiger partial charge in [0.05, 0.1) is 25.8 Å². The van der Waals surface area contributed by atoms with E-state index >= 15 is 0 Å². The summed E-state index contributed by atoms with van der Waals surface area (Å²) in [6, 6.07) is 5.88. The van der Waals surface area contributed by atoms with E-state index in [1.165, 1.54) is 0 Å². The first-order valence-corrected chi connectivity index (χ1v) is 9.63. The summed E-state index contributed by atoms with van der Waals surface area (Å²) in [7, 11) is 0. The molecule has 0 bridgehead atoms. The summed E-state index contributed by atoms with van der Waals surface area (Å²) in [6.45, 7) is 2.96. The van der Waals surface area contributed by atoms with E-state index in [1.807, 2.05) is 18.2 Å². The number of halogens is 1. The van der Waals surface area contributed by atoms with E-state index in [0.29, 0.717) is 18.4 Å². The molecule has 2 fully saturated rings. The van der Waals surface area contributed by atoms with Crippen molar-refractivity contribution in [1.29, 1.82) is 0 Å². The van der Waals surface area contributed by atoms with Gasteiger partial charge in [0.2, 0.25) is 5.91 Å². The number of aliphatic carboxylic acids is 1. The molecule has 2 aliphatic heterocycles. The molecule has 2 N–H and O–H groups in total. The van der Waals surface area contributed by atoms with Gasteiger partial charge >= 0.3 is 5.97 Å². The summed E-state index contributed by atoms with van der Waals surface area (Å²) in [6.07, 6.45) is 1.38. The average molecular weight is 441 g/mol. The number of hydrogen-bond donors (Lipinski definition) is 2. The van der Waals surface area contributed by atoms with E-state index in [1.54, 1.807) is 6.21 Å². The number of morpholine rings is 1. The average Bonchev–Trinajstić information content (AvgIpc) is 2.96. The molecule has 1 unspecified atom stereocenters. The number of nitrogens with one attached hydrogen (secondary N) is 1. The van der Waals surface area contributed by atoms with Crippen LogP contribution in [-0.4, -0.2) is 59.9 Å². The number of anilines is 1. The summed E-state index contributed by atoms with van der Waals surface area (Å²) in [4.78, 5) is 24.7. The van der Waals surface area contributed by atoms with Crippen LogP contribution >= 0.6 is 27.7 Å². The van der Waals surface area contributed by atoms with E-state index in [-0.39, 0.29) is 12.3 Å². The second-order valence-electron chi connectivity index (χ2n) is 5.65. The molecule has 0 spiro atoms. The Morgan fingerprint density at radius 3 is 2.96 bits per heavy atom. The molecule has 1 aromatic rings. The Labute approximate surface area is 162 Å². The standard InChI is InChI=1S/C16H17BrN4O4S/c17-11-2-1-10(12(7-11)21-3-5-25-6-4-21)9-18-20-16-19-15(24)13(26-16)8-14(22)23/h1-2,7,9,13H,3-6,8H2,(H,22,23)(H,19,20,24). The van der Waals surface area contributed by atoms with Crippen molar-refractivity contribution >= 4 is 56.6 Å². The zero-order chi connectivity index (χ0) is 18.5. The minimum atomic E-state index is -1.02. The topological polar surface area (TPSA) is 104 Å². The van der Waals surface area contributed by atoms with E-state index in [0.717, 1.165) is 40.6 Å². The van der Waals surface area contributed by atoms with Crippen molar-refractivity contribution in [2.45, 2.75) is 11.7 Å². The molecular formula is C16H17BrN4O4S. The van der Waals surface area contributed by atoms with Crippen LogP contribution in [0.3, 0.4) is 0 Å². The fourth-order valence-corrected chi connectivity index (χ4v) is 3.86. The van der Waals surface area contributed by atoms with Crippen molar-refractivity contribution in [3.05, 3.63) is 28.2 Å². The molecule has 0 radical (unpaired) electrons. The largest absolute Gasteiger partial charge is 0.481 e. The van der Waals surface area contributed by atoms with Gasteiger partial charge in [0.25, 0.3) is 0 Å². The number of carboxylic acid groups (broad SMARTS) is 1. The van der Waals surface area contributed by atoms with Gasteiger partial charge in [-0.05, 0) is 12.1 Å². The third-order valence-electron chi connectivity index (χ3n) is 3.83. The van der Waals surface area contributed by atoms with Gasteiger partial charge in [-0.2, -0.15) is 5.10 Å². The maximum Gasteiger partial charge on any atom is 0.305 e. The minimum absolute atomic E-state index is 0.243. The normalized spacial score (nSPS) is 22.2. The second-order valence-corrected chi connectivity index (χ2v) is 7.75. The zero-order valence-electron chi connectivity index (χ0n) is 13.7. The predicted molar refractivity (Wildman–Crippen MR) is 104 cm³/mol. The van der Waals surface area contributed by atoms with Crippen LogP contribution in [0.4, 0.5) is 5.69 Å². The number of carboxylic acids is 1. The van der Waals surface area contributed by atoms with Gasteiger partial charge in [-0.25, -0.2) is 0 Å². The summed E-state index contributed by atoms with van der Waals surface area (Å²) >= 11 is 4.57. The van der Waals surface area contributed by atoms with Crippen LogP contribution in [0.2, 0.25) is 0 Å². The molecule has 2 saturated heterocycles. The molecular weight excluding hydrogens is 424 g/mol. The number of ether oxygens (including phenoxy) is 1. The highest BCUT2D eigenvalue weighted by Crippen LogP contribution is 2.25. The number of amides is 1. The lowest BCUT2D eigenvalue weighted by Crippen LogP contribution is -2.36. The van der Waals surface area contributed by atoms with Crippen molar-refractivity contribution in [3.8, 4) is 0 Å². The van der Waals surface area contributed by atoms with Crippen LogP contribution in [0.5, 0.6) is 0 Å². The van der Waals surface area contributed by atoms with Crippen molar-refractivity contribution in [3.63, 3.8) is 0 Å². The van der Waals surface area contributed by atoms with E-state index in [2.05, 4.69) is 36.3 Å². The molecule has 1 atom stereocenters. The second kappa shape index (κ2) is 8.65. The van der Waals surface area contributed by atoms with E-state index < -0.39 is 11.2 Å². The molecule has 1 amide bonds. The van der Waals surface area contributed by atoms with Crippen LogP contribution in [0.25, 0.3) is 0 Å². The summed E-state index contributed by atoms with van der Waals surface area (Å²) < 4.78 is 6.36. The molecule has 0 aliphatic carbocycles. The Balaban J connectivity index is 1.72. The number of benzene rings is 1. The molecule has 2 heterocycles. The number of carbonyl (C=O) groups excluding carboxylic acids is 1. The van der Waals surface area contributed by atoms with Crippen LogP contribution in [0.15, 0.2) is 32.9 Å². The van der Waals surface area contributed by atoms with Gasteiger partial charge in [-0.1, -0.05) is 33.8 Å². The summed E-state index contributed by atoms with van der Waals surface area (Å²) in [5, 5.41) is 19.1. The van der Waals surface area contributed by atoms with Gasteiger partial charge in [0, 0.05) is 28.8 Å². The first-order valence-electron chi connectivity index (χ1n) is 7.95. The SMILES string of the molecule is O=C(O)CC1SC(=NN=Cc2ccc(Br)cc2N2CCOCC2)NC1=O. The number of amidine groups is 1. The number of nitrogens with zero attached hydrogens (tertiary/aromatic N) is 3. The van der Waals surface area contributed by atoms with Gasteiger partial charge in [0.15, 0.2) is 5.17 Å². The first kappa shape index (κ1) is 18.9. The van der Waals surface area contributed by atoms with Crippen LogP contribution < -0.4 is 10.2 Å². The van der Waals surface area contributed by atoms with E-state index in [4.69, 9.17) is 9.84 Å². The number of rotatable bonds is 5. The zero-order valence-corrected chi connectivity index (χ0v) is 16.1. The fourth-order valence-electron chi connectivity index (χ4n) is 2.59. The molecule has 2 aliphatic rings. The number of hydrogen-bond acceptors (Lipinski definition) is 7. The van der Waals surface area contributed by atoms with Crippen molar-refractivity contribution in [1.82, 2.24) is 5.32 Å². The van der Waals surface area contributed by atoms with Crippen molar-refractivity contribution in [2.75, 3.05) is 31.2 Å². The van der Waals surface area contributed by atoms with Crippen LogP contribution in [0, 0.1) is 0 Å². The Kier molecular flexibility index (Phi) is 6.28. The molecule has 8 nitrogen and oxygen atoms in total. The quantitative estimate of drug-likeness (QED) is 0.533. The molecule has 138 valence electrons. The molecule has 10 heteroatoms.